The lowest BCUT2D eigenvalue weighted by Gasteiger charge is -2.36. The molecule has 4 heterocycles. The van der Waals surface area contributed by atoms with Crippen LogP contribution in [0, 0.1) is 13.8 Å². The van der Waals surface area contributed by atoms with Crippen molar-refractivity contribution >= 4 is 33.5 Å². The van der Waals surface area contributed by atoms with Crippen LogP contribution in [0.1, 0.15) is 63.5 Å². The van der Waals surface area contributed by atoms with Crippen molar-refractivity contribution in [2.75, 3.05) is 38.0 Å². The van der Waals surface area contributed by atoms with Gasteiger partial charge in [0.05, 0.1) is 10.2 Å². The Morgan fingerprint density at radius 1 is 1.22 bits per heavy atom. The number of aryl methyl sites for hydroxylation is 2. The van der Waals surface area contributed by atoms with Gasteiger partial charge < -0.3 is 19.9 Å². The van der Waals surface area contributed by atoms with Crippen LogP contribution >= 0.6 is 11.3 Å². The Hall–Kier alpha value is -2.65. The van der Waals surface area contributed by atoms with Gasteiger partial charge in [-0.15, -0.1) is 11.3 Å². The van der Waals surface area contributed by atoms with E-state index in [0.29, 0.717) is 19.0 Å². The molecule has 8 nitrogen and oxygen atoms in total. The summed E-state index contributed by atoms with van der Waals surface area (Å²) in [6.45, 7) is 16.2. The summed E-state index contributed by atoms with van der Waals surface area (Å²) >= 11 is 1.72. The zero-order valence-electron chi connectivity index (χ0n) is 22.3. The molecule has 2 fully saturated rings. The average molecular weight is 511 g/mol. The molecule has 36 heavy (non-hydrogen) atoms. The largest absolute Gasteiger partial charge is 0.444 e. The zero-order valence-corrected chi connectivity index (χ0v) is 23.1. The Morgan fingerprint density at radius 2 is 1.94 bits per heavy atom. The highest BCUT2D eigenvalue weighted by Crippen LogP contribution is 2.43. The third-order valence-corrected chi connectivity index (χ3v) is 7.83. The second-order valence-corrected chi connectivity index (χ2v) is 12.2. The standard InChI is InChI=1S/C27H38N6O2S/c1-16-13-28-18(3)21(16)20-15-36-23-22(20)30-24(19-7-8-19)31-25(23)29-17(2)14-32-9-11-33(12-10-32)26(34)35-27(4,5)6/h13,15,17,19,28H,7-12,14H2,1-6H3,(H,29,30,31)/t17-/m0/s1. The monoisotopic (exact) mass is 510 g/mol. The summed E-state index contributed by atoms with van der Waals surface area (Å²) in [5.41, 5.74) is 5.46. The molecule has 0 radical (unpaired) electrons. The van der Waals surface area contributed by atoms with E-state index < -0.39 is 5.60 Å². The summed E-state index contributed by atoms with van der Waals surface area (Å²) in [7, 11) is 0. The molecule has 1 saturated carbocycles. The molecule has 2 aliphatic rings. The predicted molar refractivity (Wildman–Crippen MR) is 146 cm³/mol. The Balaban J connectivity index is 1.29. The number of carbonyl (C=O) groups is 1. The predicted octanol–water partition coefficient (Wildman–Crippen LogP) is 5.53. The molecule has 0 unspecified atom stereocenters. The van der Waals surface area contributed by atoms with Crippen molar-refractivity contribution in [3.8, 4) is 11.1 Å². The van der Waals surface area contributed by atoms with Crippen LogP contribution in [-0.2, 0) is 4.74 Å². The second kappa shape index (κ2) is 9.67. The first-order valence-electron chi connectivity index (χ1n) is 13.0. The number of hydrogen-bond acceptors (Lipinski definition) is 7. The minimum atomic E-state index is -0.463. The number of piperazine rings is 1. The smallest absolute Gasteiger partial charge is 0.410 e. The van der Waals surface area contributed by atoms with E-state index >= 15 is 0 Å². The summed E-state index contributed by atoms with van der Waals surface area (Å²) in [6, 6.07) is 0.213. The van der Waals surface area contributed by atoms with Gasteiger partial charge in [0.1, 0.15) is 17.2 Å². The lowest BCUT2D eigenvalue weighted by Crippen LogP contribution is -2.51. The maximum Gasteiger partial charge on any atom is 0.410 e. The van der Waals surface area contributed by atoms with Crippen molar-refractivity contribution in [1.29, 1.82) is 0 Å². The Morgan fingerprint density at radius 3 is 2.56 bits per heavy atom. The molecule has 1 aliphatic carbocycles. The molecule has 9 heteroatoms. The number of rotatable bonds is 6. The first kappa shape index (κ1) is 25.0. The normalized spacial score (nSPS) is 18.0. The maximum atomic E-state index is 12.4. The van der Waals surface area contributed by atoms with Crippen LogP contribution in [0.4, 0.5) is 10.6 Å². The molecule has 2 N–H and O–H groups in total. The number of fused-ring (bicyclic) bond motifs is 1. The summed E-state index contributed by atoms with van der Waals surface area (Å²) in [5.74, 6) is 2.39. The third-order valence-electron chi connectivity index (χ3n) is 6.86. The minimum absolute atomic E-state index is 0.213. The van der Waals surface area contributed by atoms with E-state index in [1.807, 2.05) is 25.7 Å². The topological polar surface area (TPSA) is 86.4 Å². The first-order valence-corrected chi connectivity index (χ1v) is 13.9. The first-order chi connectivity index (χ1) is 17.1. The number of carbonyl (C=O) groups excluding carboxylic acids is 1. The Kier molecular flexibility index (Phi) is 6.72. The van der Waals surface area contributed by atoms with E-state index in [9.17, 15) is 4.79 Å². The van der Waals surface area contributed by atoms with Gasteiger partial charge in [-0.2, -0.15) is 0 Å². The summed E-state index contributed by atoms with van der Waals surface area (Å²) < 4.78 is 6.65. The third kappa shape index (κ3) is 5.37. The Bertz CT molecular complexity index is 1230. The number of hydrogen-bond donors (Lipinski definition) is 2. The molecule has 0 spiro atoms. The van der Waals surface area contributed by atoms with Gasteiger partial charge >= 0.3 is 6.09 Å². The van der Waals surface area contributed by atoms with Crippen molar-refractivity contribution in [2.45, 2.75) is 71.9 Å². The van der Waals surface area contributed by atoms with Crippen LogP contribution in [-0.4, -0.2) is 75.2 Å². The summed E-state index contributed by atoms with van der Waals surface area (Å²) in [4.78, 5) is 30.0. The highest BCUT2D eigenvalue weighted by Gasteiger charge is 2.30. The van der Waals surface area contributed by atoms with Crippen LogP contribution < -0.4 is 5.32 Å². The molecule has 1 atom stereocenters. The molecule has 3 aromatic rings. The van der Waals surface area contributed by atoms with E-state index in [2.05, 4.69) is 47.5 Å². The maximum absolute atomic E-state index is 12.4. The summed E-state index contributed by atoms with van der Waals surface area (Å²) in [6.07, 6.45) is 4.19. The molecular weight excluding hydrogens is 472 g/mol. The Labute approximate surface area is 217 Å². The quantitative estimate of drug-likeness (QED) is 0.453. The van der Waals surface area contributed by atoms with Gasteiger partial charge in [-0.25, -0.2) is 14.8 Å². The van der Waals surface area contributed by atoms with Crippen LogP contribution in [0.15, 0.2) is 11.6 Å². The van der Waals surface area contributed by atoms with E-state index in [1.165, 1.54) is 35.2 Å². The lowest BCUT2D eigenvalue weighted by atomic mass is 10.0. The van der Waals surface area contributed by atoms with Gasteiger partial charge in [-0.1, -0.05) is 0 Å². The van der Waals surface area contributed by atoms with Gasteiger partial charge in [-0.3, -0.25) is 4.90 Å². The average Bonchev–Trinajstić information content (AvgIpc) is 3.50. The second-order valence-electron chi connectivity index (χ2n) is 11.3. The van der Waals surface area contributed by atoms with Gasteiger partial charge in [0.15, 0.2) is 0 Å². The lowest BCUT2D eigenvalue weighted by molar-refractivity contribution is 0.0144. The molecule has 5 rings (SSSR count). The number of amides is 1. The van der Waals surface area contributed by atoms with E-state index in [1.54, 1.807) is 11.3 Å². The van der Waals surface area contributed by atoms with Gasteiger partial charge in [0.25, 0.3) is 0 Å². The van der Waals surface area contributed by atoms with Crippen LogP contribution in [0.2, 0.25) is 0 Å². The van der Waals surface area contributed by atoms with Crippen molar-refractivity contribution in [3.05, 3.63) is 28.7 Å². The summed E-state index contributed by atoms with van der Waals surface area (Å²) in [5, 5.41) is 5.94. The minimum Gasteiger partial charge on any atom is -0.444 e. The van der Waals surface area contributed by atoms with Crippen LogP contribution in [0.3, 0.4) is 0 Å². The van der Waals surface area contributed by atoms with Crippen molar-refractivity contribution in [2.24, 2.45) is 0 Å². The number of H-pyrrole nitrogens is 1. The fraction of sp³-hybridized carbons (Fsp3) is 0.593. The van der Waals surface area contributed by atoms with E-state index in [0.717, 1.165) is 41.5 Å². The van der Waals surface area contributed by atoms with Crippen molar-refractivity contribution in [3.63, 3.8) is 0 Å². The van der Waals surface area contributed by atoms with Gasteiger partial charge in [-0.05, 0) is 59.9 Å². The highest BCUT2D eigenvalue weighted by atomic mass is 32.1. The SMILES string of the molecule is Cc1c[nH]c(C)c1-c1csc2c(N[C@@H](C)CN3CCN(C(=O)OC(C)(C)C)CC3)nc(C3CC3)nc12. The zero-order chi connectivity index (χ0) is 25.6. The molecule has 3 aromatic heterocycles. The molecule has 0 aromatic carbocycles. The number of nitrogens with one attached hydrogen (secondary N) is 2. The van der Waals surface area contributed by atoms with Crippen molar-refractivity contribution in [1.82, 2.24) is 24.8 Å². The number of anilines is 1. The van der Waals surface area contributed by atoms with Crippen molar-refractivity contribution < 1.29 is 9.53 Å². The number of ether oxygens (including phenoxy) is 1. The number of thiophene rings is 1. The molecule has 1 saturated heterocycles. The van der Waals surface area contributed by atoms with Gasteiger partial charge in [0, 0.05) is 73.1 Å². The highest BCUT2D eigenvalue weighted by molar-refractivity contribution is 7.18. The van der Waals surface area contributed by atoms with Crippen LogP contribution in [0.5, 0.6) is 0 Å². The molecule has 1 amide bonds. The number of aromatic amines is 1. The van der Waals surface area contributed by atoms with E-state index in [-0.39, 0.29) is 12.1 Å². The number of nitrogens with zero attached hydrogens (tertiary/aromatic N) is 4. The molecule has 194 valence electrons. The molecule has 1 aliphatic heterocycles. The van der Waals surface area contributed by atoms with E-state index in [4.69, 9.17) is 14.7 Å². The number of aromatic nitrogens is 3. The van der Waals surface area contributed by atoms with Gasteiger partial charge in [0.2, 0.25) is 0 Å². The fourth-order valence-electron chi connectivity index (χ4n) is 4.91. The molecular formula is C27H38N6O2S. The molecule has 0 bridgehead atoms. The van der Waals surface area contributed by atoms with Crippen LogP contribution in [0.25, 0.3) is 21.3 Å². The fourth-order valence-corrected chi connectivity index (χ4v) is 5.86.